The topological polar surface area (TPSA) is 117 Å². The molecule has 2 atom stereocenters. The van der Waals surface area contributed by atoms with Crippen LogP contribution in [0.3, 0.4) is 0 Å². The number of nitrogens with zero attached hydrogens (tertiary/aromatic N) is 4. The minimum absolute atomic E-state index is 0.00606. The lowest BCUT2D eigenvalue weighted by Crippen LogP contribution is -2.41. The van der Waals surface area contributed by atoms with E-state index in [0.29, 0.717) is 18.8 Å². The lowest BCUT2D eigenvalue weighted by molar-refractivity contribution is 0.0981. The Bertz CT molecular complexity index is 1960. The van der Waals surface area contributed by atoms with Gasteiger partial charge in [-0.3, -0.25) is 9.78 Å². The third kappa shape index (κ3) is 6.92. The molecule has 2 unspecified atom stereocenters. The van der Waals surface area contributed by atoms with E-state index in [1.165, 1.54) is 12.1 Å². The largest absolute Gasteiger partial charge is 0.362 e. The van der Waals surface area contributed by atoms with Gasteiger partial charge in [0, 0.05) is 30.3 Å². The summed E-state index contributed by atoms with van der Waals surface area (Å²) in [5, 5.41) is 3.14. The number of fused-ring (bicyclic) bond motifs is 6. The molecule has 2 aliphatic rings. The number of sulfonamides is 1. The molecule has 0 spiro atoms. The van der Waals surface area contributed by atoms with E-state index >= 15 is 4.39 Å². The summed E-state index contributed by atoms with van der Waals surface area (Å²) in [5.41, 5.74) is 2.13. The zero-order valence-corrected chi connectivity index (χ0v) is 29.2. The second kappa shape index (κ2) is 12.3. The summed E-state index contributed by atoms with van der Waals surface area (Å²) < 4.78 is 45.4. The summed E-state index contributed by atoms with van der Waals surface area (Å²) in [4.78, 5) is 29.5. The van der Waals surface area contributed by atoms with Gasteiger partial charge in [0.1, 0.15) is 11.6 Å². The first-order valence-corrected chi connectivity index (χ1v) is 17.8. The molecule has 1 fully saturated rings. The van der Waals surface area contributed by atoms with E-state index in [0.717, 1.165) is 29.7 Å². The summed E-state index contributed by atoms with van der Waals surface area (Å²) in [6, 6.07) is 19.2. The fraction of sp³-hybridized carbons (Fsp3) is 0.405. The molecular formula is C37H43FN6O3S. The number of rotatable bonds is 3. The van der Waals surface area contributed by atoms with Gasteiger partial charge in [-0.15, -0.1) is 0 Å². The molecule has 1 amide bonds. The van der Waals surface area contributed by atoms with Crippen LogP contribution in [0.15, 0.2) is 78.0 Å². The molecule has 0 saturated carbocycles. The van der Waals surface area contributed by atoms with E-state index in [2.05, 4.69) is 67.6 Å². The fourth-order valence-electron chi connectivity index (χ4n) is 7.10. The monoisotopic (exact) mass is 670 g/mol. The number of hydrogen-bond acceptors (Lipinski definition) is 8. The molecule has 0 radical (unpaired) electrons. The highest BCUT2D eigenvalue weighted by Crippen LogP contribution is 2.48. The number of benzene rings is 1. The third-order valence-electron chi connectivity index (χ3n) is 9.48. The second-order valence-electron chi connectivity index (χ2n) is 15.1. The summed E-state index contributed by atoms with van der Waals surface area (Å²) in [6.45, 7) is 13.2. The predicted octanol–water partition coefficient (Wildman–Crippen LogP) is 6.96. The molecule has 4 bridgehead atoms. The van der Waals surface area contributed by atoms with E-state index < -0.39 is 27.4 Å². The van der Waals surface area contributed by atoms with Gasteiger partial charge < -0.3 is 10.2 Å². The minimum atomic E-state index is -4.42. The molecule has 2 N–H and O–H groups in total. The van der Waals surface area contributed by atoms with Crippen LogP contribution in [-0.4, -0.2) is 41.4 Å². The highest BCUT2D eigenvalue weighted by atomic mass is 32.2. The average Bonchev–Trinajstić information content (AvgIpc) is 3.28. The first-order valence-electron chi connectivity index (χ1n) is 16.3. The molecule has 48 heavy (non-hydrogen) atoms. The van der Waals surface area contributed by atoms with Crippen molar-refractivity contribution in [2.75, 3.05) is 16.8 Å². The highest BCUT2D eigenvalue weighted by molar-refractivity contribution is 7.90. The smallest absolute Gasteiger partial charge is 0.281 e. The number of pyridine rings is 3. The second-order valence-corrected chi connectivity index (χ2v) is 16.7. The zero-order valence-electron chi connectivity index (χ0n) is 28.3. The van der Waals surface area contributed by atoms with Gasteiger partial charge in [0.2, 0.25) is 5.95 Å². The Labute approximate surface area is 282 Å². The van der Waals surface area contributed by atoms with Crippen molar-refractivity contribution in [1.82, 2.24) is 19.7 Å². The van der Waals surface area contributed by atoms with Crippen molar-refractivity contribution in [3.8, 4) is 0 Å². The van der Waals surface area contributed by atoms with Crippen LogP contribution < -0.4 is 14.9 Å². The number of anilines is 2. The van der Waals surface area contributed by atoms with Crippen LogP contribution in [0, 0.1) is 11.4 Å². The molecule has 2 aliphatic heterocycles. The highest BCUT2D eigenvalue weighted by Gasteiger charge is 2.47. The summed E-state index contributed by atoms with van der Waals surface area (Å²) >= 11 is 0. The van der Waals surface area contributed by atoms with E-state index in [9.17, 15) is 13.2 Å². The van der Waals surface area contributed by atoms with E-state index in [4.69, 9.17) is 4.98 Å². The zero-order chi connectivity index (χ0) is 34.5. The molecular weight excluding hydrogens is 628 g/mol. The van der Waals surface area contributed by atoms with Gasteiger partial charge in [-0.2, -0.15) is 12.8 Å². The van der Waals surface area contributed by atoms with Gasteiger partial charge in [-0.05, 0) is 85.4 Å². The van der Waals surface area contributed by atoms with Crippen LogP contribution in [0.2, 0.25) is 0 Å². The predicted molar refractivity (Wildman–Crippen MR) is 185 cm³/mol. The fourth-order valence-corrected chi connectivity index (χ4v) is 8.04. The van der Waals surface area contributed by atoms with Crippen molar-refractivity contribution < 1.29 is 17.6 Å². The normalized spacial score (nSPS) is 22.1. The molecule has 0 aliphatic carbocycles. The molecule has 1 saturated heterocycles. The number of hydrogen-bond donors (Lipinski definition) is 2. The van der Waals surface area contributed by atoms with Crippen LogP contribution in [0.1, 0.15) is 99.6 Å². The van der Waals surface area contributed by atoms with Gasteiger partial charge in [0.05, 0.1) is 17.3 Å². The maximum Gasteiger partial charge on any atom is 0.281 e. The van der Waals surface area contributed by atoms with E-state index in [1.54, 1.807) is 12.1 Å². The maximum atomic E-state index is 15.8. The van der Waals surface area contributed by atoms with Gasteiger partial charge >= 0.3 is 0 Å². The summed E-state index contributed by atoms with van der Waals surface area (Å²) in [6.07, 6.45) is 4.17. The van der Waals surface area contributed by atoms with Crippen molar-refractivity contribution >= 4 is 27.6 Å². The molecule has 4 aromatic rings. The Morgan fingerprint density at radius 2 is 1.75 bits per heavy atom. The number of carbonyl (C=O) groups is 1. The average molecular weight is 671 g/mol. The van der Waals surface area contributed by atoms with E-state index in [1.807, 2.05) is 47.5 Å². The standard InChI is InChI=1S/C37H43FN6O3S/c1-35(2,3)26-16-18-39-29(21-26)28-15-17-37(6)22-36(4,5)44(23-37)33-27(20-25(32(38)42-33)19-24-11-8-7-9-12-24)34(45)43-48(46,47)31-14-10-13-30(40-28)41-31/h7-14,16,18,20-21,28H,15,17,19,22-23H2,1-6H3,(H,40,41)(H,43,45). The minimum Gasteiger partial charge on any atom is -0.362 e. The van der Waals surface area contributed by atoms with Crippen molar-refractivity contribution in [2.24, 2.45) is 5.41 Å². The van der Waals surface area contributed by atoms with Crippen LogP contribution >= 0.6 is 0 Å². The first-order chi connectivity index (χ1) is 22.5. The van der Waals surface area contributed by atoms with E-state index in [-0.39, 0.29) is 45.3 Å². The van der Waals surface area contributed by atoms with Crippen molar-refractivity contribution in [3.05, 3.63) is 107 Å². The van der Waals surface area contributed by atoms with Gasteiger partial charge in [-0.1, -0.05) is 64.1 Å². The summed E-state index contributed by atoms with van der Waals surface area (Å²) in [5.74, 6) is -1.12. The van der Waals surface area contributed by atoms with Crippen LogP contribution in [0.25, 0.3) is 0 Å². The first kappa shape index (κ1) is 33.5. The molecule has 11 heteroatoms. The third-order valence-corrected chi connectivity index (χ3v) is 10.7. The van der Waals surface area contributed by atoms with Crippen LogP contribution in [0.4, 0.5) is 16.0 Å². The van der Waals surface area contributed by atoms with Crippen LogP contribution in [0.5, 0.6) is 0 Å². The van der Waals surface area contributed by atoms with Gasteiger partial charge in [-0.25, -0.2) is 14.7 Å². The van der Waals surface area contributed by atoms with Crippen LogP contribution in [-0.2, 0) is 21.9 Å². The van der Waals surface area contributed by atoms with Crippen molar-refractivity contribution in [1.29, 1.82) is 0 Å². The molecule has 5 heterocycles. The molecule has 1 aromatic carbocycles. The number of amides is 1. The lowest BCUT2D eigenvalue weighted by atomic mass is 9.79. The molecule has 252 valence electrons. The molecule has 9 nitrogen and oxygen atoms in total. The molecule has 6 rings (SSSR count). The van der Waals surface area contributed by atoms with Gasteiger partial charge in [0.25, 0.3) is 15.9 Å². The number of nitrogens with one attached hydrogen (secondary N) is 2. The summed E-state index contributed by atoms with van der Waals surface area (Å²) in [7, 11) is -4.42. The number of aromatic nitrogens is 3. The van der Waals surface area contributed by atoms with Crippen molar-refractivity contribution in [3.63, 3.8) is 0 Å². The number of halogens is 1. The Morgan fingerprint density at radius 1 is 1.00 bits per heavy atom. The quantitative estimate of drug-likeness (QED) is 0.225. The SMILES string of the molecule is CC12CCC(c3cc(C(C)(C)C)ccn3)Nc3cccc(n3)S(=O)(=O)NC(=O)c3cc(Cc4ccccc4)c(F)nc3N(C1)C(C)(C)C2. The lowest BCUT2D eigenvalue weighted by Gasteiger charge is -2.34. The Balaban J connectivity index is 1.47. The maximum absolute atomic E-state index is 15.8. The number of carbonyl (C=O) groups excluding carboxylic acids is 1. The Morgan fingerprint density at radius 3 is 2.48 bits per heavy atom. The molecule has 3 aromatic heterocycles. The Hall–Kier alpha value is -4.38. The Kier molecular flexibility index (Phi) is 8.56. The van der Waals surface area contributed by atoms with Crippen molar-refractivity contribution in [2.45, 2.75) is 89.2 Å². The van der Waals surface area contributed by atoms with Gasteiger partial charge in [0.15, 0.2) is 5.03 Å².